The number of benzene rings is 2. The second-order valence-electron chi connectivity index (χ2n) is 4.71. The highest BCUT2D eigenvalue weighted by Crippen LogP contribution is 2.25. The Hall–Kier alpha value is -2.89. The lowest BCUT2D eigenvalue weighted by molar-refractivity contribution is 0.0955. The van der Waals surface area contributed by atoms with Crippen molar-refractivity contribution in [2.75, 3.05) is 14.2 Å². The predicted molar refractivity (Wildman–Crippen MR) is 85.6 cm³/mol. The number of hydrogen-bond acceptors (Lipinski definition) is 4. The summed E-state index contributed by atoms with van der Waals surface area (Å²) in [4.78, 5) is 12.0. The number of nitrogens with one attached hydrogen (secondary N) is 1. The van der Waals surface area contributed by atoms with Gasteiger partial charge in [0.2, 0.25) is 0 Å². The van der Waals surface area contributed by atoms with E-state index in [1.807, 2.05) is 0 Å². The van der Waals surface area contributed by atoms with E-state index in [-0.39, 0.29) is 0 Å². The zero-order valence-electron chi connectivity index (χ0n) is 13.1. The van der Waals surface area contributed by atoms with Gasteiger partial charge in [0.25, 0.3) is 5.91 Å². The average molecular weight is 316 g/mol. The third-order valence-electron chi connectivity index (χ3n) is 3.23. The molecule has 2 aromatic carbocycles. The van der Waals surface area contributed by atoms with E-state index in [1.165, 1.54) is 24.3 Å². The molecule has 120 valence electrons. The zero-order valence-corrected chi connectivity index (χ0v) is 13.1. The summed E-state index contributed by atoms with van der Waals surface area (Å²) in [6, 6.07) is 10.5. The molecule has 2 aromatic rings. The third-order valence-corrected chi connectivity index (χ3v) is 3.23. The van der Waals surface area contributed by atoms with Crippen LogP contribution >= 0.6 is 0 Å². The molecule has 2 rings (SSSR count). The highest BCUT2D eigenvalue weighted by atomic mass is 19.1. The van der Waals surface area contributed by atoms with E-state index in [4.69, 9.17) is 9.47 Å². The fourth-order valence-corrected chi connectivity index (χ4v) is 1.96. The number of amides is 1. The number of hydrazone groups is 1. The van der Waals surface area contributed by atoms with Crippen molar-refractivity contribution >= 4 is 11.6 Å². The fraction of sp³-hybridized carbons (Fsp3) is 0.176. The predicted octanol–water partition coefficient (Wildman–Crippen LogP) is 3.00. The van der Waals surface area contributed by atoms with Gasteiger partial charge in [-0.3, -0.25) is 4.79 Å². The van der Waals surface area contributed by atoms with E-state index in [9.17, 15) is 9.18 Å². The average Bonchev–Trinajstić information content (AvgIpc) is 2.59. The van der Waals surface area contributed by atoms with Gasteiger partial charge < -0.3 is 9.47 Å². The summed E-state index contributed by atoms with van der Waals surface area (Å²) in [5.41, 5.74) is 4.06. The van der Waals surface area contributed by atoms with Crippen LogP contribution in [-0.4, -0.2) is 25.8 Å². The molecule has 0 radical (unpaired) electrons. The number of rotatable bonds is 5. The molecule has 5 nitrogen and oxygen atoms in total. The number of halogens is 1. The smallest absolute Gasteiger partial charge is 0.271 e. The first-order chi connectivity index (χ1) is 11.0. The molecule has 0 aromatic heterocycles. The van der Waals surface area contributed by atoms with Crippen molar-refractivity contribution in [3.05, 3.63) is 59.4 Å². The molecule has 1 N–H and O–H groups in total. The van der Waals surface area contributed by atoms with Crippen LogP contribution in [-0.2, 0) is 0 Å². The van der Waals surface area contributed by atoms with Crippen LogP contribution in [0.1, 0.15) is 22.8 Å². The van der Waals surface area contributed by atoms with Gasteiger partial charge in [-0.1, -0.05) is 0 Å². The van der Waals surface area contributed by atoms with Gasteiger partial charge in [-0.15, -0.1) is 0 Å². The van der Waals surface area contributed by atoms with Crippen LogP contribution in [0.2, 0.25) is 0 Å². The first kappa shape index (κ1) is 16.5. The summed E-state index contributed by atoms with van der Waals surface area (Å²) in [6.45, 7) is 1.75. The Kier molecular flexibility index (Phi) is 5.30. The molecule has 6 heteroatoms. The van der Waals surface area contributed by atoms with Crippen LogP contribution in [0.25, 0.3) is 0 Å². The maximum Gasteiger partial charge on any atom is 0.271 e. The van der Waals surface area contributed by atoms with E-state index in [1.54, 1.807) is 39.3 Å². The minimum absolute atomic E-state index is 0.324. The molecule has 0 spiro atoms. The first-order valence-electron chi connectivity index (χ1n) is 6.87. The third kappa shape index (κ3) is 4.06. The fourth-order valence-electron chi connectivity index (χ4n) is 1.96. The van der Waals surface area contributed by atoms with Crippen LogP contribution in [0.5, 0.6) is 11.5 Å². The van der Waals surface area contributed by atoms with E-state index >= 15 is 0 Å². The van der Waals surface area contributed by atoms with E-state index in [0.717, 1.165) is 5.56 Å². The number of ether oxygens (including phenoxy) is 2. The van der Waals surface area contributed by atoms with Crippen molar-refractivity contribution in [3.63, 3.8) is 0 Å². The van der Waals surface area contributed by atoms with Crippen LogP contribution in [0, 0.1) is 5.82 Å². The topological polar surface area (TPSA) is 59.9 Å². The molecule has 0 unspecified atom stereocenters. The standard InChI is InChI=1S/C17H17FN2O3/c1-11(15-9-8-14(22-2)10-16(15)23-3)19-20-17(21)12-4-6-13(18)7-5-12/h4-10H,1-3H3,(H,20,21)/b19-11-. The first-order valence-corrected chi connectivity index (χ1v) is 6.87. The van der Waals surface area contributed by atoms with E-state index in [2.05, 4.69) is 10.5 Å². The minimum Gasteiger partial charge on any atom is -0.497 e. The number of methoxy groups -OCH3 is 2. The van der Waals surface area contributed by atoms with Crippen molar-refractivity contribution in [2.24, 2.45) is 5.10 Å². The Morgan fingerprint density at radius 1 is 1.09 bits per heavy atom. The Morgan fingerprint density at radius 2 is 1.78 bits per heavy atom. The SMILES string of the molecule is COc1ccc(/C(C)=N\NC(=O)c2ccc(F)cc2)c(OC)c1. The summed E-state index contributed by atoms with van der Waals surface area (Å²) < 4.78 is 23.3. The molecule has 0 bridgehead atoms. The summed E-state index contributed by atoms with van der Waals surface area (Å²) in [5.74, 6) is 0.427. The lowest BCUT2D eigenvalue weighted by Crippen LogP contribution is -2.19. The molecule has 1 amide bonds. The van der Waals surface area contributed by atoms with Gasteiger partial charge in [0.1, 0.15) is 17.3 Å². The van der Waals surface area contributed by atoms with Gasteiger partial charge in [-0.05, 0) is 43.3 Å². The van der Waals surface area contributed by atoms with Gasteiger partial charge in [-0.25, -0.2) is 9.82 Å². The zero-order chi connectivity index (χ0) is 16.8. The number of carbonyl (C=O) groups is 1. The lowest BCUT2D eigenvalue weighted by Gasteiger charge is -2.10. The normalized spacial score (nSPS) is 11.0. The molecular formula is C17H17FN2O3. The van der Waals surface area contributed by atoms with E-state index in [0.29, 0.717) is 22.8 Å². The van der Waals surface area contributed by atoms with Gasteiger partial charge in [0.05, 0.1) is 19.9 Å². The van der Waals surface area contributed by atoms with Crippen molar-refractivity contribution in [2.45, 2.75) is 6.92 Å². The van der Waals surface area contributed by atoms with Crippen LogP contribution < -0.4 is 14.9 Å². The monoisotopic (exact) mass is 316 g/mol. The van der Waals surface area contributed by atoms with Crippen molar-refractivity contribution < 1.29 is 18.7 Å². The Morgan fingerprint density at radius 3 is 2.39 bits per heavy atom. The summed E-state index contributed by atoms with van der Waals surface area (Å²) in [5, 5.41) is 4.06. The molecule has 0 aliphatic rings. The highest BCUT2D eigenvalue weighted by molar-refractivity contribution is 6.02. The second-order valence-corrected chi connectivity index (χ2v) is 4.71. The molecule has 0 saturated carbocycles. The Balaban J connectivity index is 2.16. The minimum atomic E-state index is -0.420. The largest absolute Gasteiger partial charge is 0.497 e. The molecule has 0 aliphatic carbocycles. The van der Waals surface area contributed by atoms with Gasteiger partial charge in [0.15, 0.2) is 0 Å². The molecule has 23 heavy (non-hydrogen) atoms. The number of hydrogen-bond donors (Lipinski definition) is 1. The van der Waals surface area contributed by atoms with Crippen LogP contribution in [0.3, 0.4) is 0 Å². The molecule has 0 fully saturated rings. The van der Waals surface area contributed by atoms with Crippen molar-refractivity contribution in [3.8, 4) is 11.5 Å². The van der Waals surface area contributed by atoms with E-state index < -0.39 is 11.7 Å². The molecular weight excluding hydrogens is 299 g/mol. The number of carbonyl (C=O) groups excluding carboxylic acids is 1. The van der Waals surface area contributed by atoms with Crippen molar-refractivity contribution in [1.29, 1.82) is 0 Å². The van der Waals surface area contributed by atoms with Gasteiger partial charge in [0, 0.05) is 17.2 Å². The van der Waals surface area contributed by atoms with Gasteiger partial charge >= 0.3 is 0 Å². The molecule has 0 atom stereocenters. The second kappa shape index (κ2) is 7.40. The Labute approximate surface area is 133 Å². The van der Waals surface area contributed by atoms with Crippen LogP contribution in [0.4, 0.5) is 4.39 Å². The lowest BCUT2D eigenvalue weighted by atomic mass is 10.1. The Bertz CT molecular complexity index is 727. The summed E-state index contributed by atoms with van der Waals surface area (Å²) in [6.07, 6.45) is 0. The summed E-state index contributed by atoms with van der Waals surface area (Å²) in [7, 11) is 3.11. The quantitative estimate of drug-likeness (QED) is 0.681. The highest BCUT2D eigenvalue weighted by Gasteiger charge is 2.09. The van der Waals surface area contributed by atoms with Crippen LogP contribution in [0.15, 0.2) is 47.6 Å². The maximum absolute atomic E-state index is 12.8. The summed E-state index contributed by atoms with van der Waals surface area (Å²) >= 11 is 0. The molecule has 0 heterocycles. The van der Waals surface area contributed by atoms with Crippen molar-refractivity contribution in [1.82, 2.24) is 5.43 Å². The number of nitrogens with zero attached hydrogens (tertiary/aromatic N) is 1. The molecule has 0 saturated heterocycles. The maximum atomic E-state index is 12.8. The van der Waals surface area contributed by atoms with Gasteiger partial charge in [-0.2, -0.15) is 5.10 Å². The molecule has 0 aliphatic heterocycles.